The van der Waals surface area contributed by atoms with Gasteiger partial charge in [-0.3, -0.25) is 9.52 Å². The molecule has 3 aromatic rings. The summed E-state index contributed by atoms with van der Waals surface area (Å²) in [6.07, 6.45) is 0. The summed E-state index contributed by atoms with van der Waals surface area (Å²) < 4.78 is 31.9. The topological polar surface area (TPSA) is 101 Å². The second-order valence-electron chi connectivity index (χ2n) is 5.98. The van der Waals surface area contributed by atoms with Crippen molar-refractivity contribution in [3.05, 3.63) is 58.9 Å². The van der Waals surface area contributed by atoms with Gasteiger partial charge < -0.3 is 5.32 Å². The predicted molar refractivity (Wildman–Crippen MR) is 117 cm³/mol. The number of thioether (sulfide) groups is 1. The molecule has 0 radical (unpaired) electrons. The van der Waals surface area contributed by atoms with Gasteiger partial charge in [-0.05, 0) is 48.9 Å². The number of amides is 1. The summed E-state index contributed by atoms with van der Waals surface area (Å²) in [5, 5.41) is 3.28. The summed E-state index contributed by atoms with van der Waals surface area (Å²) in [4.78, 5) is 16.4. The van der Waals surface area contributed by atoms with Crippen molar-refractivity contribution < 1.29 is 13.2 Å². The van der Waals surface area contributed by atoms with Crippen molar-refractivity contribution in [3.63, 3.8) is 0 Å². The average Bonchev–Trinajstić information content (AvgIpc) is 3.09. The van der Waals surface area contributed by atoms with Gasteiger partial charge in [-0.15, -0.1) is 11.8 Å². The Balaban J connectivity index is 1.63. The standard InChI is InChI=1S/C18H17ClN4O3S3/c1-11-15(19)4-3-5-16(11)29(25,26)23-18-21-17(22-28-18)10-27-14-8-6-13(7-9-14)20-12(2)24/h3-9H,10H2,1-2H3,(H,20,24)(H,21,22,23). The molecule has 2 N–H and O–H groups in total. The molecule has 2 aromatic carbocycles. The molecule has 1 aromatic heterocycles. The highest BCUT2D eigenvalue weighted by Gasteiger charge is 2.20. The van der Waals surface area contributed by atoms with E-state index in [1.54, 1.807) is 19.1 Å². The quantitative estimate of drug-likeness (QED) is 0.493. The van der Waals surface area contributed by atoms with Crippen LogP contribution in [0.15, 0.2) is 52.3 Å². The minimum absolute atomic E-state index is 0.107. The maximum absolute atomic E-state index is 12.6. The fraction of sp³-hybridized carbons (Fsp3) is 0.167. The molecule has 1 amide bonds. The largest absolute Gasteiger partial charge is 0.326 e. The smallest absolute Gasteiger partial charge is 0.264 e. The first-order valence-electron chi connectivity index (χ1n) is 8.35. The number of carbonyl (C=O) groups is 1. The molecular weight excluding hydrogens is 452 g/mol. The van der Waals surface area contributed by atoms with E-state index in [1.165, 1.54) is 24.8 Å². The highest BCUT2D eigenvalue weighted by molar-refractivity contribution is 7.98. The van der Waals surface area contributed by atoms with E-state index >= 15 is 0 Å². The van der Waals surface area contributed by atoms with Crippen molar-refractivity contribution in [2.24, 2.45) is 0 Å². The number of anilines is 2. The second-order valence-corrected chi connectivity index (χ2v) is 9.84. The fourth-order valence-corrected chi connectivity index (χ4v) is 5.53. The number of halogens is 1. The number of hydrogen-bond acceptors (Lipinski definition) is 7. The zero-order valence-corrected chi connectivity index (χ0v) is 18.7. The number of nitrogens with one attached hydrogen (secondary N) is 2. The number of hydrogen-bond donors (Lipinski definition) is 2. The van der Waals surface area contributed by atoms with Crippen LogP contribution in [-0.2, 0) is 20.6 Å². The van der Waals surface area contributed by atoms with Gasteiger partial charge in [0, 0.05) is 34.1 Å². The van der Waals surface area contributed by atoms with Crippen LogP contribution in [0, 0.1) is 6.92 Å². The zero-order valence-electron chi connectivity index (χ0n) is 15.5. The van der Waals surface area contributed by atoms with Crippen LogP contribution in [0.5, 0.6) is 0 Å². The number of aromatic nitrogens is 2. The van der Waals surface area contributed by atoms with Gasteiger partial charge in [0.2, 0.25) is 11.0 Å². The second kappa shape index (κ2) is 9.12. The Kier molecular flexibility index (Phi) is 6.78. The lowest BCUT2D eigenvalue weighted by molar-refractivity contribution is -0.114. The van der Waals surface area contributed by atoms with Crippen LogP contribution in [0.3, 0.4) is 0 Å². The summed E-state index contributed by atoms with van der Waals surface area (Å²) in [5.41, 5.74) is 1.20. The molecule has 0 spiro atoms. The van der Waals surface area contributed by atoms with Crippen LogP contribution in [0.25, 0.3) is 0 Å². The molecule has 0 saturated heterocycles. The van der Waals surface area contributed by atoms with E-state index in [9.17, 15) is 13.2 Å². The van der Waals surface area contributed by atoms with Crippen molar-refractivity contribution in [2.45, 2.75) is 29.4 Å². The third kappa shape index (κ3) is 5.69. The van der Waals surface area contributed by atoms with Crippen LogP contribution in [0.4, 0.5) is 10.8 Å². The Bertz CT molecular complexity index is 1130. The molecule has 1 heterocycles. The van der Waals surface area contributed by atoms with E-state index in [0.29, 0.717) is 22.2 Å². The molecule has 7 nitrogen and oxygen atoms in total. The van der Waals surface area contributed by atoms with Gasteiger partial charge in [-0.1, -0.05) is 17.7 Å². The number of carbonyl (C=O) groups excluding carboxylic acids is 1. The Morgan fingerprint density at radius 3 is 2.62 bits per heavy atom. The summed E-state index contributed by atoms with van der Waals surface area (Å²) in [6.45, 7) is 3.10. The minimum Gasteiger partial charge on any atom is -0.326 e. The molecule has 152 valence electrons. The summed E-state index contributed by atoms with van der Waals surface area (Å²) in [7, 11) is -3.80. The summed E-state index contributed by atoms with van der Waals surface area (Å²) >= 11 is 8.51. The molecule has 0 aliphatic rings. The maximum Gasteiger partial charge on any atom is 0.264 e. The highest BCUT2D eigenvalue weighted by Crippen LogP contribution is 2.27. The molecular formula is C18H17ClN4O3S3. The van der Waals surface area contributed by atoms with Crippen LogP contribution in [0.2, 0.25) is 5.02 Å². The van der Waals surface area contributed by atoms with Gasteiger partial charge in [0.05, 0.1) is 10.6 Å². The molecule has 0 unspecified atom stereocenters. The van der Waals surface area contributed by atoms with E-state index in [2.05, 4.69) is 19.4 Å². The summed E-state index contributed by atoms with van der Waals surface area (Å²) in [5.74, 6) is 0.875. The zero-order chi connectivity index (χ0) is 21.0. The first-order valence-corrected chi connectivity index (χ1v) is 12.0. The average molecular weight is 469 g/mol. The lowest BCUT2D eigenvalue weighted by Gasteiger charge is -2.08. The normalized spacial score (nSPS) is 11.3. The number of rotatable bonds is 7. The molecule has 11 heteroatoms. The van der Waals surface area contributed by atoms with Gasteiger partial charge in [0.1, 0.15) is 0 Å². The lowest BCUT2D eigenvalue weighted by Crippen LogP contribution is -2.14. The van der Waals surface area contributed by atoms with E-state index in [4.69, 9.17) is 11.6 Å². The minimum atomic E-state index is -3.80. The Morgan fingerprint density at radius 2 is 1.93 bits per heavy atom. The van der Waals surface area contributed by atoms with Crippen LogP contribution >= 0.6 is 34.9 Å². The molecule has 0 aliphatic carbocycles. The molecule has 0 bridgehead atoms. The predicted octanol–water partition coefficient (Wildman–Crippen LogP) is 4.55. The van der Waals surface area contributed by atoms with Gasteiger partial charge in [-0.25, -0.2) is 13.4 Å². The van der Waals surface area contributed by atoms with E-state index in [1.807, 2.05) is 24.3 Å². The van der Waals surface area contributed by atoms with Crippen LogP contribution in [-0.4, -0.2) is 23.7 Å². The van der Waals surface area contributed by atoms with Crippen LogP contribution < -0.4 is 10.0 Å². The van der Waals surface area contributed by atoms with Gasteiger partial charge in [0.25, 0.3) is 10.0 Å². The van der Waals surface area contributed by atoms with Gasteiger partial charge in [-0.2, -0.15) is 4.37 Å². The third-order valence-corrected chi connectivity index (χ3v) is 7.44. The SMILES string of the molecule is CC(=O)Nc1ccc(SCc2nsc(NS(=O)(=O)c3cccc(Cl)c3C)n2)cc1. The van der Waals surface area contributed by atoms with E-state index in [-0.39, 0.29) is 15.9 Å². The van der Waals surface area contributed by atoms with Crippen molar-refractivity contribution in [2.75, 3.05) is 10.0 Å². The number of nitrogens with zero attached hydrogens (tertiary/aromatic N) is 2. The molecule has 3 rings (SSSR count). The van der Waals surface area contributed by atoms with E-state index in [0.717, 1.165) is 22.1 Å². The fourth-order valence-electron chi connectivity index (χ4n) is 2.39. The van der Waals surface area contributed by atoms with Gasteiger partial charge >= 0.3 is 0 Å². The van der Waals surface area contributed by atoms with E-state index < -0.39 is 10.0 Å². The van der Waals surface area contributed by atoms with Crippen molar-refractivity contribution in [1.29, 1.82) is 0 Å². The maximum atomic E-state index is 12.6. The third-order valence-electron chi connectivity index (χ3n) is 3.74. The molecule has 0 fully saturated rings. The highest BCUT2D eigenvalue weighted by atomic mass is 35.5. The van der Waals surface area contributed by atoms with Gasteiger partial charge in [0.15, 0.2) is 5.82 Å². The summed E-state index contributed by atoms with van der Waals surface area (Å²) in [6, 6.07) is 12.1. The first kappa shape index (κ1) is 21.6. The number of benzene rings is 2. The van der Waals surface area contributed by atoms with Crippen molar-refractivity contribution in [1.82, 2.24) is 9.36 Å². The molecule has 0 atom stereocenters. The Morgan fingerprint density at radius 1 is 1.21 bits per heavy atom. The molecule has 0 aliphatic heterocycles. The number of sulfonamides is 1. The molecule has 0 saturated carbocycles. The Labute approximate surface area is 182 Å². The lowest BCUT2D eigenvalue weighted by atomic mass is 10.2. The first-order chi connectivity index (χ1) is 13.7. The molecule has 29 heavy (non-hydrogen) atoms. The van der Waals surface area contributed by atoms with Crippen molar-refractivity contribution >= 4 is 61.6 Å². The monoisotopic (exact) mass is 468 g/mol. The Hall–Kier alpha value is -2.14. The van der Waals surface area contributed by atoms with Crippen LogP contribution in [0.1, 0.15) is 18.3 Å². The van der Waals surface area contributed by atoms with Crippen molar-refractivity contribution in [3.8, 4) is 0 Å².